The molecule has 1 aromatic heterocycles. The number of carbonyl (C=O) groups is 1. The Balaban J connectivity index is 2.53. The highest BCUT2D eigenvalue weighted by Crippen LogP contribution is 2.30. The number of nitrogens with two attached hydrogens (primary N) is 1. The minimum Gasteiger partial charge on any atom is -0.481 e. The molecule has 0 aliphatic carbocycles. The van der Waals surface area contributed by atoms with Crippen LogP contribution in [0, 0.1) is 13.8 Å². The molecule has 0 fully saturated rings. The molecule has 0 aliphatic rings. The zero-order chi connectivity index (χ0) is 15.5. The van der Waals surface area contributed by atoms with E-state index in [1.54, 1.807) is 12.4 Å². The van der Waals surface area contributed by atoms with Gasteiger partial charge in [-0.1, -0.05) is 30.3 Å². The zero-order valence-electron chi connectivity index (χ0n) is 12.3. The second-order valence-corrected chi connectivity index (χ2v) is 5.45. The van der Waals surface area contributed by atoms with E-state index < -0.39 is 11.4 Å². The molecule has 1 atom stereocenters. The summed E-state index contributed by atoms with van der Waals surface area (Å²) in [4.78, 5) is 16.1. The van der Waals surface area contributed by atoms with Gasteiger partial charge in [0, 0.05) is 18.9 Å². The first-order valence-electron chi connectivity index (χ1n) is 6.90. The normalized spacial score (nSPS) is 13.7. The molecule has 0 aliphatic heterocycles. The third-order valence-corrected chi connectivity index (χ3v) is 3.86. The van der Waals surface area contributed by atoms with Crippen molar-refractivity contribution in [2.45, 2.75) is 25.7 Å². The molecule has 0 saturated heterocycles. The molecular formula is C17H20N2O2. The summed E-state index contributed by atoms with van der Waals surface area (Å²) in [6.45, 7) is 3.90. The second-order valence-electron chi connectivity index (χ2n) is 5.45. The molecule has 2 aromatic rings. The third-order valence-electron chi connectivity index (χ3n) is 3.86. The largest absolute Gasteiger partial charge is 0.481 e. The molecule has 3 N–H and O–H groups in total. The van der Waals surface area contributed by atoms with Gasteiger partial charge in [-0.05, 0) is 42.5 Å². The zero-order valence-corrected chi connectivity index (χ0v) is 12.3. The number of hydrogen-bond donors (Lipinski definition) is 2. The van der Waals surface area contributed by atoms with Crippen LogP contribution in [0.5, 0.6) is 0 Å². The highest BCUT2D eigenvalue weighted by atomic mass is 16.4. The Morgan fingerprint density at radius 3 is 2.57 bits per heavy atom. The average molecular weight is 284 g/mol. The van der Waals surface area contributed by atoms with Crippen molar-refractivity contribution in [3.05, 3.63) is 65.0 Å². The van der Waals surface area contributed by atoms with Crippen LogP contribution in [0.2, 0.25) is 0 Å². The SMILES string of the molecule is Cc1cncc(CC(CN)(C(=O)O)c2ccccc2C)c1. The van der Waals surface area contributed by atoms with Gasteiger partial charge >= 0.3 is 5.97 Å². The molecule has 0 radical (unpaired) electrons. The van der Waals surface area contributed by atoms with Gasteiger partial charge in [-0.3, -0.25) is 9.78 Å². The van der Waals surface area contributed by atoms with Gasteiger partial charge < -0.3 is 10.8 Å². The van der Waals surface area contributed by atoms with Crippen LogP contribution < -0.4 is 5.73 Å². The van der Waals surface area contributed by atoms with Crippen LogP contribution in [0.3, 0.4) is 0 Å². The van der Waals surface area contributed by atoms with Gasteiger partial charge in [-0.25, -0.2) is 0 Å². The molecule has 4 nitrogen and oxygen atoms in total. The van der Waals surface area contributed by atoms with E-state index in [1.165, 1.54) is 0 Å². The van der Waals surface area contributed by atoms with Crippen LogP contribution in [-0.2, 0) is 16.6 Å². The van der Waals surface area contributed by atoms with Gasteiger partial charge in [0.15, 0.2) is 0 Å². The number of pyridine rings is 1. The molecule has 110 valence electrons. The van der Waals surface area contributed by atoms with Crippen molar-refractivity contribution in [2.75, 3.05) is 6.54 Å². The number of carboxylic acid groups (broad SMARTS) is 1. The fraction of sp³-hybridized carbons (Fsp3) is 0.294. The Bertz CT molecular complexity index is 655. The maximum absolute atomic E-state index is 12.0. The number of rotatable bonds is 5. The van der Waals surface area contributed by atoms with E-state index in [4.69, 9.17) is 5.73 Å². The number of carboxylic acids is 1. The molecular weight excluding hydrogens is 264 g/mol. The Labute approximate surface area is 124 Å². The Hall–Kier alpha value is -2.20. The first-order valence-corrected chi connectivity index (χ1v) is 6.90. The van der Waals surface area contributed by atoms with Crippen LogP contribution in [0.1, 0.15) is 22.3 Å². The summed E-state index contributed by atoms with van der Waals surface area (Å²) in [7, 11) is 0. The number of benzene rings is 1. The maximum atomic E-state index is 12.0. The lowest BCUT2D eigenvalue weighted by atomic mass is 9.74. The van der Waals surface area contributed by atoms with Gasteiger partial charge in [-0.2, -0.15) is 0 Å². The molecule has 2 rings (SSSR count). The van der Waals surface area contributed by atoms with Crippen molar-refractivity contribution >= 4 is 5.97 Å². The van der Waals surface area contributed by atoms with Crippen LogP contribution in [0.15, 0.2) is 42.7 Å². The predicted octanol–water partition coefficient (Wildman–Crippen LogP) is 2.22. The summed E-state index contributed by atoms with van der Waals surface area (Å²) in [6, 6.07) is 9.47. The minimum absolute atomic E-state index is 0.0428. The quantitative estimate of drug-likeness (QED) is 0.882. The van der Waals surface area contributed by atoms with Gasteiger partial charge in [-0.15, -0.1) is 0 Å². The summed E-state index contributed by atoms with van der Waals surface area (Å²) < 4.78 is 0. The average Bonchev–Trinajstić information content (AvgIpc) is 2.45. The summed E-state index contributed by atoms with van der Waals surface area (Å²) in [6.07, 6.45) is 3.79. The van der Waals surface area contributed by atoms with E-state index in [2.05, 4.69) is 4.98 Å². The van der Waals surface area contributed by atoms with Crippen molar-refractivity contribution in [1.29, 1.82) is 0 Å². The lowest BCUT2D eigenvalue weighted by Crippen LogP contribution is -2.45. The molecule has 1 unspecified atom stereocenters. The molecule has 1 aromatic carbocycles. The van der Waals surface area contributed by atoms with Gasteiger partial charge in [0.05, 0.1) is 0 Å². The summed E-state index contributed by atoms with van der Waals surface area (Å²) >= 11 is 0. The lowest BCUT2D eigenvalue weighted by molar-refractivity contribution is -0.143. The van der Waals surface area contributed by atoms with E-state index in [-0.39, 0.29) is 6.54 Å². The van der Waals surface area contributed by atoms with E-state index in [9.17, 15) is 9.90 Å². The second kappa shape index (κ2) is 6.06. The molecule has 0 spiro atoms. The molecule has 4 heteroatoms. The van der Waals surface area contributed by atoms with Gasteiger partial charge in [0.1, 0.15) is 5.41 Å². The summed E-state index contributed by atoms with van der Waals surface area (Å²) in [5.41, 5.74) is 8.36. The van der Waals surface area contributed by atoms with E-state index in [0.717, 1.165) is 22.3 Å². The van der Waals surface area contributed by atoms with E-state index in [1.807, 2.05) is 44.2 Å². The summed E-state index contributed by atoms with van der Waals surface area (Å²) in [5, 5.41) is 9.83. The molecule has 21 heavy (non-hydrogen) atoms. The highest BCUT2D eigenvalue weighted by Gasteiger charge is 2.40. The lowest BCUT2D eigenvalue weighted by Gasteiger charge is -2.30. The highest BCUT2D eigenvalue weighted by molar-refractivity contribution is 5.83. The smallest absolute Gasteiger partial charge is 0.315 e. The number of aromatic nitrogens is 1. The fourth-order valence-electron chi connectivity index (χ4n) is 2.73. The van der Waals surface area contributed by atoms with E-state index >= 15 is 0 Å². The predicted molar refractivity (Wildman–Crippen MR) is 82.2 cm³/mol. The maximum Gasteiger partial charge on any atom is 0.315 e. The van der Waals surface area contributed by atoms with Crippen molar-refractivity contribution in [1.82, 2.24) is 4.98 Å². The molecule has 0 saturated carbocycles. The van der Waals surface area contributed by atoms with Crippen molar-refractivity contribution in [2.24, 2.45) is 5.73 Å². The number of aliphatic carboxylic acids is 1. The topological polar surface area (TPSA) is 76.2 Å². The van der Waals surface area contributed by atoms with Gasteiger partial charge in [0.2, 0.25) is 0 Å². The Kier molecular flexibility index (Phi) is 4.38. The monoisotopic (exact) mass is 284 g/mol. The van der Waals surface area contributed by atoms with Crippen molar-refractivity contribution in [3.8, 4) is 0 Å². The van der Waals surface area contributed by atoms with Crippen LogP contribution in [0.4, 0.5) is 0 Å². The molecule has 0 bridgehead atoms. The number of hydrogen-bond acceptors (Lipinski definition) is 3. The minimum atomic E-state index is -1.12. The van der Waals surface area contributed by atoms with Crippen LogP contribution >= 0.6 is 0 Å². The first kappa shape index (κ1) is 15.2. The van der Waals surface area contributed by atoms with E-state index in [0.29, 0.717) is 6.42 Å². The fourth-order valence-corrected chi connectivity index (χ4v) is 2.73. The molecule has 0 amide bonds. The Morgan fingerprint density at radius 1 is 1.29 bits per heavy atom. The van der Waals surface area contributed by atoms with Crippen LogP contribution in [-0.4, -0.2) is 22.6 Å². The first-order chi connectivity index (χ1) is 9.99. The Morgan fingerprint density at radius 2 is 2.00 bits per heavy atom. The summed E-state index contributed by atoms with van der Waals surface area (Å²) in [5.74, 6) is -0.902. The molecule has 1 heterocycles. The third kappa shape index (κ3) is 2.95. The van der Waals surface area contributed by atoms with Crippen LogP contribution in [0.25, 0.3) is 0 Å². The van der Waals surface area contributed by atoms with Crippen molar-refractivity contribution in [3.63, 3.8) is 0 Å². The van der Waals surface area contributed by atoms with Crippen molar-refractivity contribution < 1.29 is 9.90 Å². The number of aryl methyl sites for hydroxylation is 2. The van der Waals surface area contributed by atoms with Gasteiger partial charge in [0.25, 0.3) is 0 Å². The standard InChI is InChI=1S/C17H20N2O2/c1-12-7-14(10-19-9-12)8-17(11-18,16(20)21)15-6-4-3-5-13(15)2/h3-7,9-10H,8,11,18H2,1-2H3,(H,20,21). The number of nitrogens with zero attached hydrogens (tertiary/aromatic N) is 1.